The number of hydrogen-bond donors (Lipinski definition) is 0. The third-order valence-corrected chi connectivity index (χ3v) is 11.3. The lowest BCUT2D eigenvalue weighted by Crippen LogP contribution is -2.35. The summed E-state index contributed by atoms with van der Waals surface area (Å²) in [4.78, 5) is 0. The van der Waals surface area contributed by atoms with Gasteiger partial charge in [-0.25, -0.2) is 0 Å². The summed E-state index contributed by atoms with van der Waals surface area (Å²) < 4.78 is 4.89. The molecule has 246 valence electrons. The summed E-state index contributed by atoms with van der Waals surface area (Å²) in [7, 11) is 6.94. The van der Waals surface area contributed by atoms with Crippen molar-refractivity contribution in [1.82, 2.24) is 9.13 Å². The molecule has 0 aliphatic carbocycles. The van der Waals surface area contributed by atoms with E-state index in [1.807, 2.05) is 0 Å². The zero-order valence-corrected chi connectivity index (χ0v) is 30.1. The van der Waals surface area contributed by atoms with Gasteiger partial charge in [-0.1, -0.05) is 144 Å². The van der Waals surface area contributed by atoms with E-state index in [1.54, 1.807) is 0 Å². The van der Waals surface area contributed by atoms with Crippen LogP contribution in [0.1, 0.15) is 0 Å². The Hall–Kier alpha value is -6.45. The maximum absolute atomic E-state index is 2.48. The fourth-order valence-electron chi connectivity index (χ4n) is 8.72. The van der Waals surface area contributed by atoms with Crippen molar-refractivity contribution < 1.29 is 0 Å². The fourth-order valence-corrected chi connectivity index (χ4v) is 8.72. The molecule has 53 heavy (non-hydrogen) atoms. The molecule has 0 saturated carbocycles. The van der Waals surface area contributed by atoms with Gasteiger partial charge in [-0.2, -0.15) is 0 Å². The number of aromatic nitrogens is 2. The summed E-state index contributed by atoms with van der Waals surface area (Å²) >= 11 is 0. The standard InChI is InChI=1S/C48H35B3N2/c49-45-43(34-23-27-41-39(28-34)37-18-10-11-19-40(37)52(41)36-24-20-32(21-25-36)30-12-4-1-5-13-30)46(50)47(51)48-44(45)38-26-22-33(31-14-6-2-7-15-31)29-42(38)53(48)35-16-8-3-9-17-35/h1-29H,49-51H2. The summed E-state index contributed by atoms with van der Waals surface area (Å²) in [6, 6.07) is 64.0. The highest BCUT2D eigenvalue weighted by molar-refractivity contribution is 6.60. The molecule has 0 unspecified atom stereocenters. The van der Waals surface area contributed by atoms with Crippen molar-refractivity contribution in [3.63, 3.8) is 0 Å². The molecule has 0 aliphatic rings. The topological polar surface area (TPSA) is 9.86 Å². The zero-order chi connectivity index (χ0) is 35.6. The van der Waals surface area contributed by atoms with Crippen molar-refractivity contribution in [3.8, 4) is 44.8 Å². The molecule has 0 spiro atoms. The van der Waals surface area contributed by atoms with Crippen LogP contribution in [-0.4, -0.2) is 32.7 Å². The fraction of sp³-hybridized carbons (Fsp3) is 0. The molecule has 8 aromatic carbocycles. The number of rotatable bonds is 5. The van der Waals surface area contributed by atoms with Crippen LogP contribution in [0.4, 0.5) is 0 Å². The number of nitrogens with zero attached hydrogens (tertiary/aromatic N) is 2. The predicted molar refractivity (Wildman–Crippen MR) is 236 cm³/mol. The van der Waals surface area contributed by atoms with E-state index in [-0.39, 0.29) is 0 Å². The summed E-state index contributed by atoms with van der Waals surface area (Å²) in [5, 5.41) is 5.13. The van der Waals surface area contributed by atoms with Crippen molar-refractivity contribution in [2.45, 2.75) is 0 Å². The largest absolute Gasteiger partial charge is 0.310 e. The predicted octanol–water partition coefficient (Wildman–Crippen LogP) is 7.66. The second-order valence-electron chi connectivity index (χ2n) is 14.2. The molecule has 2 aromatic heterocycles. The van der Waals surface area contributed by atoms with Crippen molar-refractivity contribution in [1.29, 1.82) is 0 Å². The van der Waals surface area contributed by atoms with Gasteiger partial charge in [0.15, 0.2) is 0 Å². The molecule has 10 rings (SSSR count). The molecular weight excluding hydrogens is 637 g/mol. The Labute approximate surface area is 312 Å². The molecule has 5 heteroatoms. The van der Waals surface area contributed by atoms with E-state index < -0.39 is 0 Å². The average Bonchev–Trinajstić information content (AvgIpc) is 3.74. The lowest BCUT2D eigenvalue weighted by Gasteiger charge is -2.18. The minimum absolute atomic E-state index is 1.16. The van der Waals surface area contributed by atoms with Crippen LogP contribution in [0.5, 0.6) is 0 Å². The van der Waals surface area contributed by atoms with Gasteiger partial charge in [0.1, 0.15) is 23.5 Å². The second-order valence-corrected chi connectivity index (χ2v) is 14.2. The number of fused-ring (bicyclic) bond motifs is 6. The maximum atomic E-state index is 2.48. The minimum atomic E-state index is 1.16. The molecule has 2 heterocycles. The summed E-state index contributed by atoms with van der Waals surface area (Å²) in [5.41, 5.74) is 18.7. The zero-order valence-electron chi connectivity index (χ0n) is 30.1. The quantitative estimate of drug-likeness (QED) is 0.166. The lowest BCUT2D eigenvalue weighted by molar-refractivity contribution is 1.18. The molecule has 0 atom stereocenters. The summed E-state index contributed by atoms with van der Waals surface area (Å²) in [6.07, 6.45) is 0. The number of para-hydroxylation sites is 2. The highest BCUT2D eigenvalue weighted by Gasteiger charge is 2.22. The second kappa shape index (κ2) is 12.4. The molecule has 10 aromatic rings. The Kier molecular flexibility index (Phi) is 7.30. The van der Waals surface area contributed by atoms with Gasteiger partial charge >= 0.3 is 0 Å². The Morgan fingerprint density at radius 2 is 0.868 bits per heavy atom. The molecule has 0 aliphatic heterocycles. The van der Waals surface area contributed by atoms with Gasteiger partial charge in [0, 0.05) is 38.4 Å². The molecule has 0 fully saturated rings. The monoisotopic (exact) mass is 672 g/mol. The first-order chi connectivity index (χ1) is 26.1. The average molecular weight is 672 g/mol. The van der Waals surface area contributed by atoms with Crippen LogP contribution in [-0.2, 0) is 0 Å². The summed E-state index contributed by atoms with van der Waals surface area (Å²) in [5.74, 6) is 0. The van der Waals surface area contributed by atoms with E-state index in [1.165, 1.54) is 99.1 Å². The van der Waals surface area contributed by atoms with Gasteiger partial charge in [-0.3, -0.25) is 0 Å². The van der Waals surface area contributed by atoms with E-state index in [0.29, 0.717) is 0 Å². The highest BCUT2D eigenvalue weighted by Crippen LogP contribution is 2.37. The van der Waals surface area contributed by atoms with Crippen LogP contribution in [0.3, 0.4) is 0 Å². The molecule has 0 radical (unpaired) electrons. The van der Waals surface area contributed by atoms with Gasteiger partial charge in [0.25, 0.3) is 0 Å². The van der Waals surface area contributed by atoms with Crippen LogP contribution in [0.15, 0.2) is 176 Å². The van der Waals surface area contributed by atoms with Crippen LogP contribution >= 0.6 is 0 Å². The molecule has 0 N–H and O–H groups in total. The Balaban J connectivity index is 1.19. The lowest BCUT2D eigenvalue weighted by atomic mass is 9.69. The van der Waals surface area contributed by atoms with Gasteiger partial charge in [0.2, 0.25) is 0 Å². The molecular formula is C48H35B3N2. The highest BCUT2D eigenvalue weighted by atomic mass is 15.0. The Morgan fingerprint density at radius 1 is 0.321 bits per heavy atom. The molecule has 0 bridgehead atoms. The third-order valence-electron chi connectivity index (χ3n) is 11.3. The SMILES string of the molecule is Bc1c(-c2ccc3c(c2)c2ccccc2n3-c2ccc(-c3ccccc3)cc2)c(B)c2c3ccc(-c4ccccc4)cc3n(-c3ccccc3)c2c1B. The maximum Gasteiger partial charge on any atom is 0.141 e. The van der Waals surface area contributed by atoms with Crippen molar-refractivity contribution in [2.24, 2.45) is 0 Å². The van der Waals surface area contributed by atoms with E-state index in [4.69, 9.17) is 0 Å². The van der Waals surface area contributed by atoms with Gasteiger partial charge in [-0.15, -0.1) is 0 Å². The van der Waals surface area contributed by atoms with E-state index in [2.05, 4.69) is 209 Å². The minimum Gasteiger partial charge on any atom is -0.310 e. The van der Waals surface area contributed by atoms with Crippen molar-refractivity contribution in [2.75, 3.05) is 0 Å². The van der Waals surface area contributed by atoms with E-state index >= 15 is 0 Å². The first-order valence-electron chi connectivity index (χ1n) is 18.4. The van der Waals surface area contributed by atoms with Crippen molar-refractivity contribution >= 4 is 83.5 Å². The third kappa shape index (κ3) is 4.92. The number of benzene rings is 8. The normalized spacial score (nSPS) is 11.6. The van der Waals surface area contributed by atoms with Crippen molar-refractivity contribution in [3.05, 3.63) is 176 Å². The molecule has 0 saturated heterocycles. The Morgan fingerprint density at radius 3 is 1.58 bits per heavy atom. The van der Waals surface area contributed by atoms with E-state index in [0.717, 1.165) is 5.69 Å². The van der Waals surface area contributed by atoms with Gasteiger partial charge < -0.3 is 9.13 Å². The van der Waals surface area contributed by atoms with E-state index in [9.17, 15) is 0 Å². The van der Waals surface area contributed by atoms with Crippen LogP contribution in [0.25, 0.3) is 88.4 Å². The van der Waals surface area contributed by atoms with Crippen LogP contribution in [0, 0.1) is 0 Å². The summed E-state index contributed by atoms with van der Waals surface area (Å²) in [6.45, 7) is 0. The van der Waals surface area contributed by atoms with Crippen LogP contribution < -0.4 is 16.4 Å². The molecule has 2 nitrogen and oxygen atoms in total. The smallest absolute Gasteiger partial charge is 0.141 e. The first-order valence-corrected chi connectivity index (χ1v) is 18.4. The van der Waals surface area contributed by atoms with Crippen LogP contribution in [0.2, 0.25) is 0 Å². The van der Waals surface area contributed by atoms with Gasteiger partial charge in [0.05, 0.1) is 16.6 Å². The Bertz CT molecular complexity index is 3000. The first kappa shape index (κ1) is 31.3. The molecule has 0 amide bonds. The number of hydrogen-bond acceptors (Lipinski definition) is 0. The van der Waals surface area contributed by atoms with Gasteiger partial charge in [-0.05, 0) is 81.9 Å².